The number of ether oxygens (including phenoxy) is 1. The van der Waals surface area contributed by atoms with Crippen LogP contribution in [0.3, 0.4) is 0 Å². The molecule has 2 atom stereocenters. The van der Waals surface area contributed by atoms with Crippen molar-refractivity contribution in [1.82, 2.24) is 4.98 Å². The maximum Gasteiger partial charge on any atom is 0.129 e. The van der Waals surface area contributed by atoms with Crippen molar-refractivity contribution in [3.8, 4) is 6.07 Å². The van der Waals surface area contributed by atoms with E-state index in [1.165, 1.54) is 25.7 Å². The minimum absolute atomic E-state index is 0.551. The lowest BCUT2D eigenvalue weighted by Gasteiger charge is -2.34. The summed E-state index contributed by atoms with van der Waals surface area (Å²) in [5, 5.41) is 9.01. The van der Waals surface area contributed by atoms with E-state index in [1.54, 1.807) is 6.20 Å². The lowest BCUT2D eigenvalue weighted by molar-refractivity contribution is 0.0454. The van der Waals surface area contributed by atoms with Crippen LogP contribution in [-0.4, -0.2) is 30.8 Å². The Balaban J connectivity index is 1.81. The number of hydrogen-bond donors (Lipinski definition) is 0. The van der Waals surface area contributed by atoms with Gasteiger partial charge in [-0.05, 0) is 44.2 Å². The highest BCUT2D eigenvalue weighted by molar-refractivity contribution is 5.48. The number of pyridine rings is 1. The summed E-state index contributed by atoms with van der Waals surface area (Å²) in [7, 11) is 0. The Labute approximate surface area is 120 Å². The van der Waals surface area contributed by atoms with Crippen LogP contribution in [0, 0.1) is 24.2 Å². The molecule has 0 N–H and O–H groups in total. The predicted octanol–water partition coefficient (Wildman–Crippen LogP) is 2.66. The first-order valence-corrected chi connectivity index (χ1v) is 7.50. The third kappa shape index (κ3) is 2.51. The normalized spacial score (nSPS) is 26.5. The summed E-state index contributed by atoms with van der Waals surface area (Å²) in [4.78, 5) is 6.92. The molecule has 0 amide bonds. The fourth-order valence-electron chi connectivity index (χ4n) is 3.45. The van der Waals surface area contributed by atoms with Gasteiger partial charge in [0.1, 0.15) is 11.9 Å². The number of aryl methyl sites for hydroxylation is 1. The predicted molar refractivity (Wildman–Crippen MR) is 77.6 cm³/mol. The maximum absolute atomic E-state index is 9.01. The van der Waals surface area contributed by atoms with Gasteiger partial charge < -0.3 is 9.64 Å². The number of anilines is 1. The van der Waals surface area contributed by atoms with E-state index < -0.39 is 0 Å². The fraction of sp³-hybridized carbons (Fsp3) is 0.625. The average molecular weight is 271 g/mol. The molecule has 0 spiro atoms. The average Bonchev–Trinajstić information content (AvgIpc) is 2.97. The van der Waals surface area contributed by atoms with Crippen molar-refractivity contribution in [2.75, 3.05) is 24.7 Å². The minimum atomic E-state index is 0.551. The summed E-state index contributed by atoms with van der Waals surface area (Å²) in [5.74, 6) is 1.65. The van der Waals surface area contributed by atoms with Gasteiger partial charge in [0.25, 0.3) is 0 Å². The summed E-state index contributed by atoms with van der Waals surface area (Å²) in [6.45, 7) is 4.85. The number of rotatable bonds is 2. The lowest BCUT2D eigenvalue weighted by Crippen LogP contribution is -2.40. The van der Waals surface area contributed by atoms with Crippen molar-refractivity contribution >= 4 is 5.82 Å². The molecule has 4 heteroatoms. The molecule has 1 aromatic heterocycles. The van der Waals surface area contributed by atoms with Gasteiger partial charge in [0.2, 0.25) is 0 Å². The van der Waals surface area contributed by atoms with Gasteiger partial charge in [-0.15, -0.1) is 0 Å². The molecule has 2 fully saturated rings. The molecule has 0 radical (unpaired) electrons. The zero-order valence-corrected chi connectivity index (χ0v) is 12.0. The van der Waals surface area contributed by atoms with Crippen LogP contribution in [0.15, 0.2) is 12.3 Å². The maximum atomic E-state index is 9.01. The van der Waals surface area contributed by atoms with Crippen LogP contribution in [0.25, 0.3) is 0 Å². The van der Waals surface area contributed by atoms with E-state index in [9.17, 15) is 0 Å². The van der Waals surface area contributed by atoms with Gasteiger partial charge in [-0.1, -0.05) is 0 Å². The fourth-order valence-corrected chi connectivity index (χ4v) is 3.45. The number of nitriles is 1. The summed E-state index contributed by atoms with van der Waals surface area (Å²) in [6.07, 6.45) is 6.60. The summed E-state index contributed by atoms with van der Waals surface area (Å²) >= 11 is 0. The second kappa shape index (κ2) is 5.80. The highest BCUT2D eigenvalue weighted by Crippen LogP contribution is 2.32. The smallest absolute Gasteiger partial charge is 0.129 e. The van der Waals surface area contributed by atoms with E-state index in [0.717, 1.165) is 31.1 Å². The summed E-state index contributed by atoms with van der Waals surface area (Å²) in [6, 6.07) is 4.79. The Hall–Kier alpha value is -1.60. The van der Waals surface area contributed by atoms with Crippen LogP contribution in [0.4, 0.5) is 5.82 Å². The molecule has 0 bridgehead atoms. The van der Waals surface area contributed by atoms with Crippen LogP contribution in [-0.2, 0) is 4.74 Å². The molecular formula is C16H21N3O. The second-order valence-electron chi connectivity index (χ2n) is 5.85. The van der Waals surface area contributed by atoms with E-state index in [4.69, 9.17) is 10.00 Å². The van der Waals surface area contributed by atoms with Crippen molar-refractivity contribution in [2.45, 2.75) is 38.6 Å². The molecule has 0 saturated carbocycles. The highest BCUT2D eigenvalue weighted by Gasteiger charge is 2.33. The standard InChI is InChI=1S/C16H21N3O/c1-12-8-16(18-10-14(12)9-17)19-6-2-5-15(19)13-4-3-7-20-11-13/h8,10,13,15H,2-7,11H2,1H3. The first-order chi connectivity index (χ1) is 9.79. The van der Waals surface area contributed by atoms with Crippen molar-refractivity contribution in [1.29, 1.82) is 5.26 Å². The van der Waals surface area contributed by atoms with E-state index >= 15 is 0 Å². The first kappa shape index (κ1) is 13.4. The van der Waals surface area contributed by atoms with Crippen LogP contribution in [0.1, 0.15) is 36.8 Å². The van der Waals surface area contributed by atoms with Gasteiger partial charge in [0.05, 0.1) is 12.2 Å². The molecule has 0 aliphatic carbocycles. The third-order valence-electron chi connectivity index (χ3n) is 4.55. The minimum Gasteiger partial charge on any atom is -0.381 e. The summed E-state index contributed by atoms with van der Waals surface area (Å²) in [5.41, 5.74) is 1.69. The van der Waals surface area contributed by atoms with E-state index in [-0.39, 0.29) is 0 Å². The van der Waals surface area contributed by atoms with Gasteiger partial charge in [0, 0.05) is 31.3 Å². The zero-order valence-electron chi connectivity index (χ0n) is 12.0. The van der Waals surface area contributed by atoms with Crippen LogP contribution >= 0.6 is 0 Å². The molecule has 3 heterocycles. The molecule has 0 aromatic carbocycles. The molecule has 2 unspecified atom stereocenters. The van der Waals surface area contributed by atoms with Gasteiger partial charge in [-0.2, -0.15) is 5.26 Å². The third-order valence-corrected chi connectivity index (χ3v) is 4.55. The Morgan fingerprint density at radius 3 is 3.00 bits per heavy atom. The van der Waals surface area contributed by atoms with Crippen molar-refractivity contribution < 1.29 is 4.74 Å². The van der Waals surface area contributed by atoms with Crippen molar-refractivity contribution in [2.24, 2.45) is 5.92 Å². The Bertz CT molecular complexity index is 517. The Morgan fingerprint density at radius 1 is 1.40 bits per heavy atom. The molecule has 106 valence electrons. The number of nitrogens with zero attached hydrogens (tertiary/aromatic N) is 3. The van der Waals surface area contributed by atoms with Gasteiger partial charge >= 0.3 is 0 Å². The van der Waals surface area contributed by atoms with E-state index in [2.05, 4.69) is 22.0 Å². The Morgan fingerprint density at radius 2 is 2.30 bits per heavy atom. The topological polar surface area (TPSA) is 49.1 Å². The second-order valence-corrected chi connectivity index (χ2v) is 5.85. The molecule has 4 nitrogen and oxygen atoms in total. The molecule has 3 rings (SSSR count). The molecular weight excluding hydrogens is 250 g/mol. The monoisotopic (exact) mass is 271 g/mol. The van der Waals surface area contributed by atoms with E-state index in [0.29, 0.717) is 17.5 Å². The Kier molecular flexibility index (Phi) is 3.88. The van der Waals surface area contributed by atoms with Gasteiger partial charge in [-0.3, -0.25) is 0 Å². The first-order valence-electron chi connectivity index (χ1n) is 7.50. The molecule has 1 aromatic rings. The largest absolute Gasteiger partial charge is 0.381 e. The SMILES string of the molecule is Cc1cc(N2CCCC2C2CCCOC2)ncc1C#N. The van der Waals surface area contributed by atoms with E-state index in [1.807, 2.05) is 6.92 Å². The zero-order chi connectivity index (χ0) is 13.9. The van der Waals surface area contributed by atoms with Crippen molar-refractivity contribution in [3.05, 3.63) is 23.4 Å². The van der Waals surface area contributed by atoms with Gasteiger partial charge in [0.15, 0.2) is 0 Å². The molecule has 2 aliphatic rings. The summed E-state index contributed by atoms with van der Waals surface area (Å²) < 4.78 is 5.65. The molecule has 2 saturated heterocycles. The molecule has 2 aliphatic heterocycles. The van der Waals surface area contributed by atoms with Crippen LogP contribution in [0.5, 0.6) is 0 Å². The van der Waals surface area contributed by atoms with Gasteiger partial charge in [-0.25, -0.2) is 4.98 Å². The molecule has 20 heavy (non-hydrogen) atoms. The number of hydrogen-bond acceptors (Lipinski definition) is 4. The highest BCUT2D eigenvalue weighted by atomic mass is 16.5. The lowest BCUT2D eigenvalue weighted by atomic mass is 9.92. The van der Waals surface area contributed by atoms with Crippen LogP contribution in [0.2, 0.25) is 0 Å². The van der Waals surface area contributed by atoms with Crippen molar-refractivity contribution in [3.63, 3.8) is 0 Å². The quantitative estimate of drug-likeness (QED) is 0.829. The number of aromatic nitrogens is 1. The van der Waals surface area contributed by atoms with Crippen LogP contribution < -0.4 is 4.90 Å².